The van der Waals surface area contributed by atoms with E-state index in [1.165, 1.54) is 6.07 Å². The maximum atomic E-state index is 12.3. The summed E-state index contributed by atoms with van der Waals surface area (Å²) in [5, 5.41) is 8.18. The lowest BCUT2D eigenvalue weighted by Gasteiger charge is -2.27. The van der Waals surface area contributed by atoms with Gasteiger partial charge in [-0.3, -0.25) is 4.79 Å². The highest BCUT2D eigenvalue weighted by atomic mass is 35.6. The minimum Gasteiger partial charge on any atom is -0.339 e. The van der Waals surface area contributed by atoms with Crippen LogP contribution in [0.5, 0.6) is 0 Å². The molecule has 0 spiro atoms. The quantitative estimate of drug-likeness (QED) is 0.385. The van der Waals surface area contributed by atoms with Crippen LogP contribution in [0.1, 0.15) is 0 Å². The van der Waals surface area contributed by atoms with E-state index in [9.17, 15) is 9.18 Å². The fourth-order valence-corrected chi connectivity index (χ4v) is 2.17. The maximum Gasteiger partial charge on any atom is 0.253 e. The first-order valence-electron chi connectivity index (χ1n) is 5.58. The van der Waals surface area contributed by atoms with Gasteiger partial charge >= 0.3 is 0 Å². The summed E-state index contributed by atoms with van der Waals surface area (Å²) < 4.78 is 10.3. The molecule has 0 heterocycles. The molecule has 0 aromatic heterocycles. The summed E-state index contributed by atoms with van der Waals surface area (Å²) in [7, 11) is 0. The second kappa shape index (κ2) is 8.57. The standard InChI is InChI=1S/C11H9Cl5FN3OS/c12-5-1-2-6(13)7(3-5)18-10(22)20-9(11(14,15)16)19-8(21)4-17/h1-3,9H,4H2,(H,19,21)(H2,18,20,22)/t9-/m0/s1. The summed E-state index contributed by atoms with van der Waals surface area (Å²) in [6.07, 6.45) is -1.25. The summed E-state index contributed by atoms with van der Waals surface area (Å²) in [6.45, 7) is -1.26. The van der Waals surface area contributed by atoms with Crippen molar-refractivity contribution in [1.29, 1.82) is 0 Å². The van der Waals surface area contributed by atoms with Crippen molar-refractivity contribution in [2.45, 2.75) is 9.96 Å². The van der Waals surface area contributed by atoms with Crippen molar-refractivity contribution in [3.63, 3.8) is 0 Å². The van der Waals surface area contributed by atoms with Crippen LogP contribution in [-0.4, -0.2) is 27.7 Å². The second-order valence-electron chi connectivity index (χ2n) is 3.90. The van der Waals surface area contributed by atoms with Gasteiger partial charge in [-0.1, -0.05) is 58.0 Å². The number of thiocarbonyl (C=S) groups is 1. The Morgan fingerprint density at radius 2 is 1.91 bits per heavy atom. The molecular formula is C11H9Cl5FN3OS. The van der Waals surface area contributed by atoms with Crippen LogP contribution in [0.25, 0.3) is 0 Å². The number of nitrogens with one attached hydrogen (secondary N) is 3. The van der Waals surface area contributed by atoms with E-state index in [1.807, 2.05) is 0 Å². The number of alkyl halides is 4. The number of rotatable bonds is 4. The highest BCUT2D eigenvalue weighted by molar-refractivity contribution is 7.80. The Balaban J connectivity index is 2.79. The van der Waals surface area contributed by atoms with Gasteiger partial charge in [0.05, 0.1) is 10.7 Å². The fourth-order valence-electron chi connectivity index (χ4n) is 1.28. The van der Waals surface area contributed by atoms with Crippen LogP contribution in [0.2, 0.25) is 10.0 Å². The molecule has 1 aromatic carbocycles. The van der Waals surface area contributed by atoms with E-state index in [4.69, 9.17) is 70.2 Å². The molecule has 122 valence electrons. The molecule has 0 aliphatic heterocycles. The van der Waals surface area contributed by atoms with Gasteiger partial charge in [0.1, 0.15) is 6.17 Å². The lowest BCUT2D eigenvalue weighted by atomic mass is 10.3. The molecule has 3 N–H and O–H groups in total. The number of anilines is 1. The van der Waals surface area contributed by atoms with Crippen LogP contribution >= 0.6 is 70.2 Å². The van der Waals surface area contributed by atoms with Gasteiger partial charge in [-0.25, -0.2) is 4.39 Å². The minimum atomic E-state index is -1.96. The summed E-state index contributed by atoms with van der Waals surface area (Å²) in [5.74, 6) is -0.965. The molecule has 1 rings (SSSR count). The molecule has 0 radical (unpaired) electrons. The molecule has 0 unspecified atom stereocenters. The predicted molar refractivity (Wildman–Crippen MR) is 94.0 cm³/mol. The van der Waals surface area contributed by atoms with Gasteiger partial charge in [0.15, 0.2) is 11.8 Å². The molecular weight excluding hydrogens is 418 g/mol. The number of carbonyl (C=O) groups excluding carboxylic acids is 1. The number of hydrogen-bond acceptors (Lipinski definition) is 2. The third-order valence-corrected chi connectivity index (χ3v) is 3.65. The van der Waals surface area contributed by atoms with Gasteiger partial charge in [0.25, 0.3) is 5.91 Å². The molecule has 1 aromatic rings. The van der Waals surface area contributed by atoms with Gasteiger partial charge in [0, 0.05) is 5.02 Å². The Morgan fingerprint density at radius 3 is 2.45 bits per heavy atom. The first-order chi connectivity index (χ1) is 10.1. The van der Waals surface area contributed by atoms with E-state index < -0.39 is 22.5 Å². The van der Waals surface area contributed by atoms with Crippen molar-refractivity contribution in [3.8, 4) is 0 Å². The first kappa shape index (κ1) is 19.8. The van der Waals surface area contributed by atoms with Crippen LogP contribution in [0, 0.1) is 0 Å². The minimum absolute atomic E-state index is 0.0142. The van der Waals surface area contributed by atoms with Crippen molar-refractivity contribution in [1.82, 2.24) is 10.6 Å². The number of amides is 1. The summed E-state index contributed by atoms with van der Waals surface area (Å²) in [4.78, 5) is 11.1. The molecule has 0 saturated heterocycles. The molecule has 0 aliphatic carbocycles. The highest BCUT2D eigenvalue weighted by Crippen LogP contribution is 2.29. The largest absolute Gasteiger partial charge is 0.339 e. The smallest absolute Gasteiger partial charge is 0.253 e. The van der Waals surface area contributed by atoms with Crippen LogP contribution in [-0.2, 0) is 4.79 Å². The third kappa shape index (κ3) is 6.48. The van der Waals surface area contributed by atoms with Gasteiger partial charge in [0.2, 0.25) is 3.79 Å². The van der Waals surface area contributed by atoms with E-state index in [2.05, 4.69) is 16.0 Å². The predicted octanol–water partition coefficient (Wildman–Crippen LogP) is 4.06. The molecule has 1 atom stereocenters. The molecule has 11 heteroatoms. The van der Waals surface area contributed by atoms with Crippen LogP contribution in [0.3, 0.4) is 0 Å². The van der Waals surface area contributed by atoms with Crippen LogP contribution in [0.15, 0.2) is 18.2 Å². The van der Waals surface area contributed by atoms with Crippen molar-refractivity contribution in [2.75, 3.05) is 12.0 Å². The van der Waals surface area contributed by atoms with Crippen molar-refractivity contribution < 1.29 is 9.18 Å². The maximum absolute atomic E-state index is 12.3. The highest BCUT2D eigenvalue weighted by Gasteiger charge is 2.34. The normalized spacial score (nSPS) is 12.5. The summed E-state index contributed by atoms with van der Waals surface area (Å²) >= 11 is 33.9. The number of carbonyl (C=O) groups is 1. The zero-order chi connectivity index (χ0) is 16.9. The zero-order valence-corrected chi connectivity index (χ0v) is 15.2. The van der Waals surface area contributed by atoms with Gasteiger partial charge < -0.3 is 16.0 Å². The van der Waals surface area contributed by atoms with Crippen molar-refractivity contribution in [3.05, 3.63) is 28.2 Å². The summed E-state index contributed by atoms with van der Waals surface area (Å²) in [5.41, 5.74) is 0.409. The van der Waals surface area contributed by atoms with E-state index in [0.29, 0.717) is 15.7 Å². The molecule has 22 heavy (non-hydrogen) atoms. The van der Waals surface area contributed by atoms with E-state index >= 15 is 0 Å². The molecule has 0 fully saturated rings. The summed E-state index contributed by atoms with van der Waals surface area (Å²) in [6, 6.07) is 4.69. The number of hydrogen-bond donors (Lipinski definition) is 3. The van der Waals surface area contributed by atoms with E-state index in [1.54, 1.807) is 12.1 Å². The monoisotopic (exact) mass is 425 g/mol. The van der Waals surface area contributed by atoms with Gasteiger partial charge in [-0.15, -0.1) is 0 Å². The van der Waals surface area contributed by atoms with Gasteiger partial charge in [-0.2, -0.15) is 0 Å². The molecule has 0 aliphatic rings. The number of halogens is 6. The topological polar surface area (TPSA) is 53.2 Å². The average Bonchev–Trinajstić information content (AvgIpc) is 2.41. The Kier molecular flexibility index (Phi) is 7.71. The molecule has 1 amide bonds. The van der Waals surface area contributed by atoms with E-state index in [0.717, 1.165) is 0 Å². The fraction of sp³-hybridized carbons (Fsp3) is 0.273. The second-order valence-corrected chi connectivity index (χ2v) is 7.52. The number of benzene rings is 1. The molecule has 4 nitrogen and oxygen atoms in total. The van der Waals surface area contributed by atoms with Crippen LogP contribution in [0.4, 0.5) is 10.1 Å². The average molecular weight is 428 g/mol. The lowest BCUT2D eigenvalue weighted by molar-refractivity contribution is -0.122. The van der Waals surface area contributed by atoms with Crippen molar-refractivity contribution >= 4 is 86.9 Å². The molecule has 0 saturated carbocycles. The van der Waals surface area contributed by atoms with Crippen molar-refractivity contribution in [2.24, 2.45) is 0 Å². The first-order valence-corrected chi connectivity index (χ1v) is 7.88. The third-order valence-electron chi connectivity index (χ3n) is 2.21. The Morgan fingerprint density at radius 1 is 1.27 bits per heavy atom. The Hall–Kier alpha value is -0.240. The molecule has 0 bridgehead atoms. The zero-order valence-electron chi connectivity index (χ0n) is 10.6. The Labute approximate surface area is 156 Å². The van der Waals surface area contributed by atoms with Crippen LogP contribution < -0.4 is 16.0 Å². The SMILES string of the molecule is O=C(CF)N[C@@H](NC(=S)Nc1cc(Cl)ccc1Cl)C(Cl)(Cl)Cl. The Bertz CT molecular complexity index is 569. The van der Waals surface area contributed by atoms with Gasteiger partial charge in [-0.05, 0) is 30.4 Å². The lowest BCUT2D eigenvalue weighted by Crippen LogP contribution is -2.56. The van der Waals surface area contributed by atoms with E-state index in [-0.39, 0.29) is 5.11 Å².